The Morgan fingerprint density at radius 2 is 1.64 bits per heavy atom. The second-order valence-corrected chi connectivity index (χ2v) is 7.32. The Kier molecular flexibility index (Phi) is 6.22. The van der Waals surface area contributed by atoms with E-state index >= 15 is 0 Å². The molecule has 1 N–H and O–H groups in total. The third kappa shape index (κ3) is 4.21. The molecular formula is C26H22N2O5. The summed E-state index contributed by atoms with van der Waals surface area (Å²) >= 11 is 0. The number of oxime groups is 1. The lowest BCUT2D eigenvalue weighted by molar-refractivity contribution is -0.117. The van der Waals surface area contributed by atoms with Crippen molar-refractivity contribution in [1.82, 2.24) is 0 Å². The zero-order valence-electron chi connectivity index (χ0n) is 18.1. The van der Waals surface area contributed by atoms with Crippen molar-refractivity contribution in [2.75, 3.05) is 19.1 Å². The zero-order valence-corrected chi connectivity index (χ0v) is 18.1. The van der Waals surface area contributed by atoms with E-state index < -0.39 is 23.5 Å². The molecule has 0 spiro atoms. The van der Waals surface area contributed by atoms with Crippen molar-refractivity contribution in [3.05, 3.63) is 107 Å². The number of amides is 1. The predicted octanol–water partition coefficient (Wildman–Crippen LogP) is 4.46. The smallest absolute Gasteiger partial charge is 0.294 e. The van der Waals surface area contributed by atoms with Gasteiger partial charge in [-0.05, 0) is 47.5 Å². The van der Waals surface area contributed by atoms with Crippen LogP contribution in [-0.2, 0) is 9.63 Å². The summed E-state index contributed by atoms with van der Waals surface area (Å²) in [7, 11) is 2.99. The van der Waals surface area contributed by atoms with Gasteiger partial charge in [0.2, 0.25) is 0 Å². The number of rotatable bonds is 7. The van der Waals surface area contributed by atoms with Crippen LogP contribution in [0.2, 0.25) is 0 Å². The van der Waals surface area contributed by atoms with Crippen LogP contribution in [0.5, 0.6) is 5.75 Å². The number of methoxy groups -OCH3 is 1. The van der Waals surface area contributed by atoms with Gasteiger partial charge in [-0.3, -0.25) is 14.5 Å². The fraction of sp³-hybridized carbons (Fsp3) is 0.115. The summed E-state index contributed by atoms with van der Waals surface area (Å²) in [6.45, 7) is 0. The second-order valence-electron chi connectivity index (χ2n) is 7.32. The molecule has 7 nitrogen and oxygen atoms in total. The first-order chi connectivity index (χ1) is 16.0. The number of ether oxygens (including phenoxy) is 1. The van der Waals surface area contributed by atoms with Crippen molar-refractivity contribution in [2.45, 2.75) is 6.04 Å². The van der Waals surface area contributed by atoms with Crippen LogP contribution >= 0.6 is 0 Å². The topological polar surface area (TPSA) is 88.4 Å². The number of aliphatic hydroxyl groups is 1. The summed E-state index contributed by atoms with van der Waals surface area (Å²) in [6, 6.07) is 21.9. The highest BCUT2D eigenvalue weighted by Gasteiger charge is 2.44. The number of benzene rings is 3. The largest absolute Gasteiger partial charge is 0.503 e. The molecule has 1 aliphatic rings. The van der Waals surface area contributed by atoms with E-state index in [1.165, 1.54) is 19.1 Å². The number of carbonyl (C=O) groups excluding carboxylic acids is 2. The molecule has 3 aromatic carbocycles. The molecule has 0 fully saturated rings. The van der Waals surface area contributed by atoms with Gasteiger partial charge in [0.05, 0.1) is 24.9 Å². The minimum atomic E-state index is -0.785. The highest BCUT2D eigenvalue weighted by atomic mass is 16.6. The molecule has 0 aliphatic carbocycles. The molecule has 1 unspecified atom stereocenters. The molecule has 166 valence electrons. The van der Waals surface area contributed by atoms with E-state index in [0.717, 1.165) is 5.56 Å². The van der Waals surface area contributed by atoms with Gasteiger partial charge in [-0.2, -0.15) is 0 Å². The van der Waals surface area contributed by atoms with Crippen LogP contribution in [0.15, 0.2) is 95.4 Å². The molecule has 1 aliphatic heterocycles. The lowest BCUT2D eigenvalue weighted by Crippen LogP contribution is -2.31. The van der Waals surface area contributed by atoms with Crippen LogP contribution in [-0.4, -0.2) is 37.2 Å². The maximum Gasteiger partial charge on any atom is 0.294 e. The Labute approximate surface area is 191 Å². The van der Waals surface area contributed by atoms with Gasteiger partial charge in [0.15, 0.2) is 11.5 Å². The molecule has 1 heterocycles. The first-order valence-electron chi connectivity index (χ1n) is 10.2. The maximum absolute atomic E-state index is 13.5. The summed E-state index contributed by atoms with van der Waals surface area (Å²) in [5.41, 5.74) is 2.39. The van der Waals surface area contributed by atoms with Crippen LogP contribution in [0.1, 0.15) is 27.5 Å². The van der Waals surface area contributed by atoms with E-state index in [1.54, 1.807) is 54.7 Å². The molecule has 4 rings (SSSR count). The first kappa shape index (κ1) is 21.8. The molecule has 0 aromatic heterocycles. The highest BCUT2D eigenvalue weighted by molar-refractivity contribution is 6.21. The predicted molar refractivity (Wildman–Crippen MR) is 125 cm³/mol. The zero-order chi connectivity index (χ0) is 23.4. The van der Waals surface area contributed by atoms with Crippen LogP contribution < -0.4 is 9.64 Å². The van der Waals surface area contributed by atoms with Crippen molar-refractivity contribution in [3.8, 4) is 5.75 Å². The van der Waals surface area contributed by atoms with Crippen LogP contribution in [0.3, 0.4) is 0 Å². The van der Waals surface area contributed by atoms with E-state index in [9.17, 15) is 14.7 Å². The lowest BCUT2D eigenvalue weighted by atomic mass is 9.92. The van der Waals surface area contributed by atoms with Gasteiger partial charge >= 0.3 is 0 Å². The number of nitrogens with zero attached hydrogens (tertiary/aromatic N) is 2. The first-order valence-corrected chi connectivity index (χ1v) is 10.2. The SMILES string of the molecule is CO/N=C/c1ccc(N2C(=O)C(O)=C(C(=O)c3ccc(OC)cc3)C2c2ccccc2)cc1. The Hall–Kier alpha value is -4.39. The van der Waals surface area contributed by atoms with Gasteiger partial charge in [-0.25, -0.2) is 0 Å². The Bertz CT molecular complexity index is 1220. The average Bonchev–Trinajstić information content (AvgIpc) is 3.13. The number of hydrogen-bond acceptors (Lipinski definition) is 6. The molecule has 1 atom stereocenters. The third-order valence-corrected chi connectivity index (χ3v) is 5.40. The number of ketones is 1. The fourth-order valence-electron chi connectivity index (χ4n) is 3.79. The third-order valence-electron chi connectivity index (χ3n) is 5.40. The average molecular weight is 442 g/mol. The van der Waals surface area contributed by atoms with Crippen molar-refractivity contribution >= 4 is 23.6 Å². The van der Waals surface area contributed by atoms with Gasteiger partial charge in [0.1, 0.15) is 12.9 Å². The van der Waals surface area contributed by atoms with Crippen molar-refractivity contribution in [2.24, 2.45) is 5.16 Å². The van der Waals surface area contributed by atoms with Crippen LogP contribution in [0.4, 0.5) is 5.69 Å². The molecule has 0 radical (unpaired) electrons. The Balaban J connectivity index is 1.78. The fourth-order valence-corrected chi connectivity index (χ4v) is 3.79. The highest BCUT2D eigenvalue weighted by Crippen LogP contribution is 2.41. The number of carbonyl (C=O) groups is 2. The lowest BCUT2D eigenvalue weighted by Gasteiger charge is -2.27. The number of Topliss-reactive ketones (excluding diaryl/α,β-unsaturated/α-hetero) is 1. The van der Waals surface area contributed by atoms with Gasteiger partial charge in [-0.1, -0.05) is 47.6 Å². The van der Waals surface area contributed by atoms with Crippen LogP contribution in [0.25, 0.3) is 0 Å². The van der Waals surface area contributed by atoms with Gasteiger partial charge in [0, 0.05) is 11.3 Å². The summed E-state index contributed by atoms with van der Waals surface area (Å²) in [4.78, 5) is 32.8. The number of hydrogen-bond donors (Lipinski definition) is 1. The summed E-state index contributed by atoms with van der Waals surface area (Å²) in [5, 5.41) is 14.6. The number of anilines is 1. The Morgan fingerprint density at radius 1 is 0.970 bits per heavy atom. The van der Waals surface area contributed by atoms with Crippen molar-refractivity contribution in [3.63, 3.8) is 0 Å². The quantitative estimate of drug-likeness (QED) is 0.332. The molecule has 1 amide bonds. The van der Waals surface area contributed by atoms with E-state index in [0.29, 0.717) is 22.6 Å². The molecule has 33 heavy (non-hydrogen) atoms. The standard InChI is InChI=1S/C26H22N2O5/c1-32-21-14-10-19(11-15-21)24(29)22-23(18-6-4-3-5-7-18)28(26(31)25(22)30)20-12-8-17(9-13-20)16-27-33-2/h3-16,23,30H,1-2H3/b27-16+. The number of aliphatic hydroxyl groups excluding tert-OH is 1. The minimum absolute atomic E-state index is 0.0291. The Morgan fingerprint density at radius 3 is 2.24 bits per heavy atom. The molecule has 7 heteroatoms. The monoisotopic (exact) mass is 442 g/mol. The van der Waals surface area contributed by atoms with Crippen molar-refractivity contribution < 1.29 is 24.3 Å². The minimum Gasteiger partial charge on any atom is -0.503 e. The summed E-state index contributed by atoms with van der Waals surface area (Å²) < 4.78 is 5.16. The second kappa shape index (κ2) is 9.40. The van der Waals surface area contributed by atoms with E-state index in [1.807, 2.05) is 30.3 Å². The normalized spacial score (nSPS) is 15.9. The van der Waals surface area contributed by atoms with E-state index in [4.69, 9.17) is 9.57 Å². The van der Waals surface area contributed by atoms with E-state index in [-0.39, 0.29) is 5.57 Å². The summed E-state index contributed by atoms with van der Waals surface area (Å²) in [5.74, 6) is -1.02. The molecule has 0 bridgehead atoms. The molecular weight excluding hydrogens is 420 g/mol. The van der Waals surface area contributed by atoms with Crippen LogP contribution in [0, 0.1) is 0 Å². The molecule has 0 saturated carbocycles. The molecule has 0 saturated heterocycles. The molecule has 3 aromatic rings. The van der Waals surface area contributed by atoms with E-state index in [2.05, 4.69) is 5.16 Å². The van der Waals surface area contributed by atoms with Gasteiger partial charge in [-0.15, -0.1) is 0 Å². The maximum atomic E-state index is 13.5. The van der Waals surface area contributed by atoms with Crippen molar-refractivity contribution in [1.29, 1.82) is 0 Å². The van der Waals surface area contributed by atoms with Gasteiger partial charge in [0.25, 0.3) is 5.91 Å². The summed E-state index contributed by atoms with van der Waals surface area (Å²) in [6.07, 6.45) is 1.54. The van der Waals surface area contributed by atoms with Gasteiger partial charge < -0.3 is 14.7 Å².